The molecule has 3 heteroatoms. The zero-order valence-electron chi connectivity index (χ0n) is 9.59. The highest BCUT2D eigenvalue weighted by Gasteiger charge is 2.18. The maximum atomic E-state index is 5.00. The second-order valence-electron chi connectivity index (χ2n) is 4.32. The van der Waals surface area contributed by atoms with Gasteiger partial charge in [0, 0.05) is 20.3 Å². The van der Waals surface area contributed by atoms with Crippen molar-refractivity contribution in [1.82, 2.24) is 10.2 Å². The van der Waals surface area contributed by atoms with Crippen LogP contribution < -0.4 is 5.32 Å². The van der Waals surface area contributed by atoms with Crippen LogP contribution in [0.1, 0.15) is 19.3 Å². The fourth-order valence-corrected chi connectivity index (χ4v) is 2.00. The minimum Gasteiger partial charge on any atom is -0.385 e. The third-order valence-electron chi connectivity index (χ3n) is 2.87. The van der Waals surface area contributed by atoms with Gasteiger partial charge in [0.05, 0.1) is 0 Å². The summed E-state index contributed by atoms with van der Waals surface area (Å²) in [4.78, 5) is 2.41. The molecule has 1 unspecified atom stereocenters. The molecule has 1 heterocycles. The van der Waals surface area contributed by atoms with Gasteiger partial charge < -0.3 is 15.0 Å². The number of hydrogen-bond acceptors (Lipinski definition) is 3. The van der Waals surface area contributed by atoms with Crippen molar-refractivity contribution in [2.75, 3.05) is 46.9 Å². The molecule has 1 saturated heterocycles. The average molecular weight is 200 g/mol. The molecule has 1 aliphatic heterocycles. The van der Waals surface area contributed by atoms with Crippen LogP contribution in [-0.4, -0.2) is 51.8 Å². The summed E-state index contributed by atoms with van der Waals surface area (Å²) in [5.41, 5.74) is 0. The first kappa shape index (κ1) is 12.0. The van der Waals surface area contributed by atoms with E-state index in [9.17, 15) is 0 Å². The van der Waals surface area contributed by atoms with Gasteiger partial charge in [0.15, 0.2) is 0 Å². The first-order chi connectivity index (χ1) is 6.83. The van der Waals surface area contributed by atoms with E-state index < -0.39 is 0 Å². The van der Waals surface area contributed by atoms with Gasteiger partial charge in [-0.15, -0.1) is 0 Å². The Hall–Kier alpha value is -0.120. The Morgan fingerprint density at radius 1 is 1.43 bits per heavy atom. The maximum Gasteiger partial charge on any atom is 0.0462 e. The van der Waals surface area contributed by atoms with Gasteiger partial charge in [0.2, 0.25) is 0 Å². The van der Waals surface area contributed by atoms with E-state index in [1.165, 1.54) is 38.9 Å². The van der Waals surface area contributed by atoms with Gasteiger partial charge in [-0.05, 0) is 51.9 Å². The van der Waals surface area contributed by atoms with Crippen LogP contribution in [0, 0.1) is 5.92 Å². The van der Waals surface area contributed by atoms with E-state index in [0.717, 1.165) is 19.1 Å². The van der Waals surface area contributed by atoms with E-state index in [1.807, 2.05) is 0 Å². The fourth-order valence-electron chi connectivity index (χ4n) is 2.00. The molecular weight excluding hydrogens is 176 g/mol. The van der Waals surface area contributed by atoms with Gasteiger partial charge in [-0.2, -0.15) is 0 Å². The third-order valence-corrected chi connectivity index (χ3v) is 2.87. The smallest absolute Gasteiger partial charge is 0.0462 e. The van der Waals surface area contributed by atoms with Crippen molar-refractivity contribution in [3.8, 4) is 0 Å². The molecule has 0 aliphatic carbocycles. The van der Waals surface area contributed by atoms with E-state index in [2.05, 4.69) is 17.3 Å². The molecule has 14 heavy (non-hydrogen) atoms. The number of ether oxygens (including phenoxy) is 1. The second kappa shape index (κ2) is 7.21. The van der Waals surface area contributed by atoms with Crippen molar-refractivity contribution < 1.29 is 4.74 Å². The van der Waals surface area contributed by atoms with E-state index >= 15 is 0 Å². The molecular formula is C11H24N2O. The summed E-state index contributed by atoms with van der Waals surface area (Å²) in [7, 11) is 3.97. The lowest BCUT2D eigenvalue weighted by atomic mass is 10.1. The maximum absolute atomic E-state index is 5.00. The largest absolute Gasteiger partial charge is 0.385 e. The van der Waals surface area contributed by atoms with Gasteiger partial charge in [-0.3, -0.25) is 0 Å². The van der Waals surface area contributed by atoms with Crippen LogP contribution in [0.2, 0.25) is 0 Å². The van der Waals surface area contributed by atoms with Gasteiger partial charge in [0.1, 0.15) is 0 Å². The Balaban J connectivity index is 1.84. The van der Waals surface area contributed by atoms with Crippen molar-refractivity contribution in [3.05, 3.63) is 0 Å². The number of nitrogens with zero attached hydrogens (tertiary/aromatic N) is 1. The van der Waals surface area contributed by atoms with Crippen molar-refractivity contribution in [2.24, 2.45) is 5.92 Å². The van der Waals surface area contributed by atoms with Crippen molar-refractivity contribution >= 4 is 0 Å². The lowest BCUT2D eigenvalue weighted by Gasteiger charge is -2.11. The SMILES string of the molecule is COCCCCNCC1CCN(C)C1. The van der Waals surface area contributed by atoms with Crippen LogP contribution in [0.4, 0.5) is 0 Å². The highest BCUT2D eigenvalue weighted by atomic mass is 16.5. The number of nitrogens with one attached hydrogen (secondary N) is 1. The van der Waals surface area contributed by atoms with E-state index in [-0.39, 0.29) is 0 Å². The fraction of sp³-hybridized carbons (Fsp3) is 1.00. The summed E-state index contributed by atoms with van der Waals surface area (Å²) in [5, 5.41) is 3.52. The predicted molar refractivity (Wildman–Crippen MR) is 59.6 cm³/mol. The van der Waals surface area contributed by atoms with Crippen molar-refractivity contribution in [2.45, 2.75) is 19.3 Å². The van der Waals surface area contributed by atoms with E-state index in [0.29, 0.717) is 0 Å². The Morgan fingerprint density at radius 2 is 2.29 bits per heavy atom. The summed E-state index contributed by atoms with van der Waals surface area (Å²) in [6.07, 6.45) is 3.77. The summed E-state index contributed by atoms with van der Waals surface area (Å²) >= 11 is 0. The molecule has 3 nitrogen and oxygen atoms in total. The minimum absolute atomic E-state index is 0.877. The zero-order valence-corrected chi connectivity index (χ0v) is 9.59. The zero-order chi connectivity index (χ0) is 10.2. The van der Waals surface area contributed by atoms with E-state index in [1.54, 1.807) is 7.11 Å². The second-order valence-corrected chi connectivity index (χ2v) is 4.32. The summed E-state index contributed by atoms with van der Waals surface area (Å²) in [6, 6.07) is 0. The molecule has 0 aromatic rings. The number of methoxy groups -OCH3 is 1. The summed E-state index contributed by atoms with van der Waals surface area (Å²) < 4.78 is 5.00. The predicted octanol–water partition coefficient (Wildman–Crippen LogP) is 0.954. The highest BCUT2D eigenvalue weighted by molar-refractivity contribution is 4.74. The molecule has 0 aromatic carbocycles. The third kappa shape index (κ3) is 4.94. The number of likely N-dealkylation sites (tertiary alicyclic amines) is 1. The van der Waals surface area contributed by atoms with Gasteiger partial charge in [-0.1, -0.05) is 0 Å². The topological polar surface area (TPSA) is 24.5 Å². The Kier molecular flexibility index (Phi) is 6.15. The molecule has 0 radical (unpaired) electrons. The summed E-state index contributed by atoms with van der Waals surface area (Å²) in [5.74, 6) is 0.877. The Bertz CT molecular complexity index is 141. The van der Waals surface area contributed by atoms with E-state index in [4.69, 9.17) is 4.74 Å². The number of hydrogen-bond donors (Lipinski definition) is 1. The molecule has 0 saturated carbocycles. The molecule has 1 aliphatic rings. The molecule has 1 N–H and O–H groups in total. The van der Waals surface area contributed by atoms with Crippen LogP contribution >= 0.6 is 0 Å². The van der Waals surface area contributed by atoms with Gasteiger partial charge >= 0.3 is 0 Å². The molecule has 84 valence electrons. The Labute approximate surface area is 87.8 Å². The van der Waals surface area contributed by atoms with Gasteiger partial charge in [-0.25, -0.2) is 0 Å². The molecule has 1 atom stereocenters. The van der Waals surface area contributed by atoms with Crippen LogP contribution in [0.15, 0.2) is 0 Å². The molecule has 1 fully saturated rings. The molecule has 0 aromatic heterocycles. The molecule has 0 bridgehead atoms. The monoisotopic (exact) mass is 200 g/mol. The quantitative estimate of drug-likeness (QED) is 0.619. The van der Waals surface area contributed by atoms with Crippen LogP contribution in [0.3, 0.4) is 0 Å². The van der Waals surface area contributed by atoms with Crippen molar-refractivity contribution in [1.29, 1.82) is 0 Å². The minimum atomic E-state index is 0.877. The summed E-state index contributed by atoms with van der Waals surface area (Å²) in [6.45, 7) is 5.77. The average Bonchev–Trinajstić information content (AvgIpc) is 2.58. The van der Waals surface area contributed by atoms with Crippen LogP contribution in [0.25, 0.3) is 0 Å². The van der Waals surface area contributed by atoms with Crippen molar-refractivity contribution in [3.63, 3.8) is 0 Å². The normalized spacial score (nSPS) is 23.1. The first-order valence-corrected chi connectivity index (χ1v) is 5.71. The highest BCUT2D eigenvalue weighted by Crippen LogP contribution is 2.12. The number of unbranched alkanes of at least 4 members (excludes halogenated alkanes) is 1. The van der Waals surface area contributed by atoms with Crippen LogP contribution in [-0.2, 0) is 4.74 Å². The molecule has 0 amide bonds. The lowest BCUT2D eigenvalue weighted by Crippen LogP contribution is -2.25. The molecule has 1 rings (SSSR count). The first-order valence-electron chi connectivity index (χ1n) is 5.71. The Morgan fingerprint density at radius 3 is 2.93 bits per heavy atom. The van der Waals surface area contributed by atoms with Gasteiger partial charge in [0.25, 0.3) is 0 Å². The number of rotatable bonds is 7. The standard InChI is InChI=1S/C11H24N2O/c1-13-7-5-11(10-13)9-12-6-3-4-8-14-2/h11-12H,3-10H2,1-2H3. The lowest BCUT2D eigenvalue weighted by molar-refractivity contribution is 0.192. The molecule has 0 spiro atoms. The van der Waals surface area contributed by atoms with Crippen LogP contribution in [0.5, 0.6) is 0 Å².